The number of fused-ring (bicyclic) bond motifs is 1. The molecule has 3 heterocycles. The molecule has 0 N–H and O–H groups in total. The standard InChI is InChI=1S/C24H18ClN3O3S2/c1-30-19-8-5-15(9-20(19)31-2)22-27-17(11-32-22)10-28-13-26-23-21(24(28)29)18(12-33-23)14-3-6-16(25)7-4-14/h3-9,11-13H,10H2,1-2H3. The van der Waals surface area contributed by atoms with Gasteiger partial charge >= 0.3 is 0 Å². The summed E-state index contributed by atoms with van der Waals surface area (Å²) < 4.78 is 12.3. The SMILES string of the molecule is COc1ccc(-c2nc(Cn3cnc4scc(-c5ccc(Cl)cc5)c4c3=O)cs2)cc1OC. The molecule has 2 aromatic carbocycles. The van der Waals surface area contributed by atoms with Crippen molar-refractivity contribution in [3.63, 3.8) is 0 Å². The fourth-order valence-electron chi connectivity index (χ4n) is 3.58. The van der Waals surface area contributed by atoms with Gasteiger partial charge in [-0.2, -0.15) is 0 Å². The molecule has 0 fully saturated rings. The average molecular weight is 496 g/mol. The molecule has 9 heteroatoms. The van der Waals surface area contributed by atoms with E-state index in [9.17, 15) is 4.79 Å². The first-order valence-corrected chi connectivity index (χ1v) is 12.1. The van der Waals surface area contributed by atoms with E-state index >= 15 is 0 Å². The number of halogens is 1. The van der Waals surface area contributed by atoms with Crippen molar-refractivity contribution < 1.29 is 9.47 Å². The highest BCUT2D eigenvalue weighted by Gasteiger charge is 2.15. The van der Waals surface area contributed by atoms with Gasteiger partial charge in [0.2, 0.25) is 0 Å². The lowest BCUT2D eigenvalue weighted by Gasteiger charge is -2.08. The monoisotopic (exact) mass is 495 g/mol. The predicted molar refractivity (Wildman–Crippen MR) is 134 cm³/mol. The molecule has 0 unspecified atom stereocenters. The minimum atomic E-state index is -0.0909. The van der Waals surface area contributed by atoms with Crippen LogP contribution in [0.4, 0.5) is 0 Å². The maximum atomic E-state index is 13.3. The summed E-state index contributed by atoms with van der Waals surface area (Å²) in [5.74, 6) is 1.31. The van der Waals surface area contributed by atoms with Crippen molar-refractivity contribution in [1.82, 2.24) is 14.5 Å². The summed E-state index contributed by atoms with van der Waals surface area (Å²) in [7, 11) is 3.21. The van der Waals surface area contributed by atoms with Crippen LogP contribution in [0.1, 0.15) is 5.69 Å². The molecule has 0 saturated heterocycles. The number of thiophene rings is 1. The van der Waals surface area contributed by atoms with Crippen molar-refractivity contribution in [2.75, 3.05) is 14.2 Å². The summed E-state index contributed by atoms with van der Waals surface area (Å²) in [5.41, 5.74) is 3.42. The first kappa shape index (κ1) is 21.6. The molecule has 0 radical (unpaired) electrons. The Bertz CT molecular complexity index is 1510. The van der Waals surface area contributed by atoms with Crippen LogP contribution in [0.3, 0.4) is 0 Å². The van der Waals surface area contributed by atoms with E-state index < -0.39 is 0 Å². The largest absolute Gasteiger partial charge is 0.493 e. The Morgan fingerprint density at radius 3 is 2.48 bits per heavy atom. The zero-order valence-corrected chi connectivity index (χ0v) is 20.1. The van der Waals surface area contributed by atoms with Crippen LogP contribution in [0.15, 0.2) is 64.3 Å². The second kappa shape index (κ2) is 8.97. The molecule has 0 saturated carbocycles. The molecule has 3 aromatic heterocycles. The van der Waals surface area contributed by atoms with Crippen LogP contribution in [0.5, 0.6) is 11.5 Å². The summed E-state index contributed by atoms with van der Waals surface area (Å²) in [5, 5.41) is 6.02. The van der Waals surface area contributed by atoms with Crippen molar-refractivity contribution in [1.29, 1.82) is 0 Å². The number of thiazole rings is 1. The van der Waals surface area contributed by atoms with E-state index in [0.717, 1.165) is 27.4 Å². The first-order valence-electron chi connectivity index (χ1n) is 9.96. The average Bonchev–Trinajstić information content (AvgIpc) is 3.49. The molecular formula is C24H18ClN3O3S2. The Morgan fingerprint density at radius 1 is 0.970 bits per heavy atom. The number of hydrogen-bond acceptors (Lipinski definition) is 7. The molecule has 0 spiro atoms. The number of benzene rings is 2. The molecule has 6 nitrogen and oxygen atoms in total. The van der Waals surface area contributed by atoms with E-state index in [2.05, 4.69) is 4.98 Å². The van der Waals surface area contributed by atoms with Gasteiger partial charge in [-0.15, -0.1) is 22.7 Å². The van der Waals surface area contributed by atoms with Gasteiger partial charge in [-0.3, -0.25) is 9.36 Å². The third-order valence-electron chi connectivity index (χ3n) is 5.23. The third-order valence-corrected chi connectivity index (χ3v) is 7.31. The van der Waals surface area contributed by atoms with Crippen molar-refractivity contribution in [3.05, 3.63) is 80.6 Å². The zero-order chi connectivity index (χ0) is 22.9. The second-order valence-electron chi connectivity index (χ2n) is 7.23. The van der Waals surface area contributed by atoms with Gasteiger partial charge in [-0.1, -0.05) is 23.7 Å². The fourth-order valence-corrected chi connectivity index (χ4v) is 5.42. The predicted octanol–water partition coefficient (Wildman–Crippen LogP) is 5.97. The highest BCUT2D eigenvalue weighted by molar-refractivity contribution is 7.17. The summed E-state index contributed by atoms with van der Waals surface area (Å²) in [4.78, 5) is 23.3. The van der Waals surface area contributed by atoms with E-state index in [1.807, 2.05) is 53.2 Å². The van der Waals surface area contributed by atoms with Crippen LogP contribution < -0.4 is 15.0 Å². The van der Waals surface area contributed by atoms with Crippen LogP contribution >= 0.6 is 34.3 Å². The van der Waals surface area contributed by atoms with Crippen LogP contribution in [0.2, 0.25) is 5.02 Å². The number of rotatable bonds is 6. The normalized spacial score (nSPS) is 11.1. The second-order valence-corrected chi connectivity index (χ2v) is 9.38. The lowest BCUT2D eigenvalue weighted by atomic mass is 10.1. The van der Waals surface area contributed by atoms with Crippen LogP contribution in [0, 0.1) is 0 Å². The van der Waals surface area contributed by atoms with Crippen molar-refractivity contribution in [3.8, 4) is 33.2 Å². The molecule has 0 aliphatic heterocycles. The minimum Gasteiger partial charge on any atom is -0.493 e. The van der Waals surface area contributed by atoms with Gasteiger partial charge in [0.25, 0.3) is 5.56 Å². The molecule has 5 aromatic rings. The van der Waals surface area contributed by atoms with E-state index in [0.29, 0.717) is 33.3 Å². The number of nitrogens with zero attached hydrogens (tertiary/aromatic N) is 3. The Hall–Kier alpha value is -3.20. The fraction of sp³-hybridized carbons (Fsp3) is 0.125. The molecule has 0 bridgehead atoms. The van der Waals surface area contributed by atoms with Gasteiger partial charge in [0, 0.05) is 26.9 Å². The number of ether oxygens (including phenoxy) is 2. The Balaban J connectivity index is 1.48. The van der Waals surface area contributed by atoms with Gasteiger partial charge in [0.1, 0.15) is 9.84 Å². The first-order chi connectivity index (χ1) is 16.1. The number of methoxy groups -OCH3 is 2. The molecule has 0 atom stereocenters. The van der Waals surface area contributed by atoms with Crippen molar-refractivity contribution >= 4 is 44.5 Å². The van der Waals surface area contributed by atoms with E-state index in [1.165, 1.54) is 22.7 Å². The third kappa shape index (κ3) is 4.13. The molecule has 0 aliphatic carbocycles. The van der Waals surface area contributed by atoms with Crippen LogP contribution in [-0.4, -0.2) is 28.8 Å². The Morgan fingerprint density at radius 2 is 1.73 bits per heavy atom. The molecular weight excluding hydrogens is 478 g/mol. The summed E-state index contributed by atoms with van der Waals surface area (Å²) in [6, 6.07) is 13.2. The van der Waals surface area contributed by atoms with E-state index in [4.69, 9.17) is 26.1 Å². The van der Waals surface area contributed by atoms with Crippen molar-refractivity contribution in [2.24, 2.45) is 0 Å². The molecule has 0 aliphatic rings. The van der Waals surface area contributed by atoms with Gasteiger partial charge < -0.3 is 9.47 Å². The minimum absolute atomic E-state index is 0.0909. The highest BCUT2D eigenvalue weighted by atomic mass is 35.5. The molecule has 33 heavy (non-hydrogen) atoms. The Kier molecular flexibility index (Phi) is 5.88. The van der Waals surface area contributed by atoms with E-state index in [1.54, 1.807) is 25.1 Å². The quantitative estimate of drug-likeness (QED) is 0.290. The lowest BCUT2D eigenvalue weighted by Crippen LogP contribution is -2.21. The lowest BCUT2D eigenvalue weighted by molar-refractivity contribution is 0.355. The molecule has 5 rings (SSSR count). The number of aromatic nitrogens is 3. The summed E-state index contributed by atoms with van der Waals surface area (Å²) in [6.45, 7) is 0.335. The molecule has 166 valence electrons. The van der Waals surface area contributed by atoms with Gasteiger partial charge in [0.05, 0.1) is 38.2 Å². The van der Waals surface area contributed by atoms with Gasteiger partial charge in [-0.05, 0) is 35.9 Å². The van der Waals surface area contributed by atoms with E-state index in [-0.39, 0.29) is 5.56 Å². The maximum Gasteiger partial charge on any atom is 0.263 e. The zero-order valence-electron chi connectivity index (χ0n) is 17.7. The Labute approximate surface area is 202 Å². The van der Waals surface area contributed by atoms with Crippen LogP contribution in [0.25, 0.3) is 31.9 Å². The van der Waals surface area contributed by atoms with Gasteiger partial charge in [-0.25, -0.2) is 9.97 Å². The topological polar surface area (TPSA) is 66.2 Å². The summed E-state index contributed by atoms with van der Waals surface area (Å²) in [6.07, 6.45) is 1.59. The molecule has 0 amide bonds. The van der Waals surface area contributed by atoms with Crippen LogP contribution in [-0.2, 0) is 6.54 Å². The smallest absolute Gasteiger partial charge is 0.263 e. The maximum absolute atomic E-state index is 13.3. The highest BCUT2D eigenvalue weighted by Crippen LogP contribution is 2.34. The summed E-state index contributed by atoms with van der Waals surface area (Å²) >= 11 is 8.99. The van der Waals surface area contributed by atoms with Gasteiger partial charge in [0.15, 0.2) is 11.5 Å². The van der Waals surface area contributed by atoms with Crippen molar-refractivity contribution in [2.45, 2.75) is 6.54 Å². The number of hydrogen-bond donors (Lipinski definition) is 0.